The highest BCUT2D eigenvalue weighted by molar-refractivity contribution is 9.10. The van der Waals surface area contributed by atoms with Crippen LogP contribution in [0, 0.1) is 0 Å². The van der Waals surface area contributed by atoms with Crippen molar-refractivity contribution in [2.45, 2.75) is 6.42 Å². The molecule has 0 atom stereocenters. The topological polar surface area (TPSA) is 94.3 Å². The zero-order chi connectivity index (χ0) is 18.2. The van der Waals surface area contributed by atoms with E-state index in [4.69, 9.17) is 0 Å². The maximum atomic E-state index is 11.7. The molecule has 1 amide bonds. The zero-order valence-electron chi connectivity index (χ0n) is 13.0. The summed E-state index contributed by atoms with van der Waals surface area (Å²) in [5.74, 6) is -0.115. The number of benzene rings is 2. The molecule has 2 aromatic rings. The normalized spacial score (nSPS) is 11.3. The molecule has 8 heteroatoms. The van der Waals surface area contributed by atoms with E-state index in [1.807, 2.05) is 0 Å². The standard InChI is InChI=1S/C17H15Br2N3O3/c18-13-1-3-15(23)11(7-13)9-20-6-5-17(25)22-21-10-12-8-14(19)2-4-16(12)24/h1-4,7-10,23-24H,5-6H2,(H,22,25). The summed E-state index contributed by atoms with van der Waals surface area (Å²) in [4.78, 5) is 15.8. The van der Waals surface area contributed by atoms with Gasteiger partial charge < -0.3 is 10.2 Å². The molecule has 0 radical (unpaired) electrons. The van der Waals surface area contributed by atoms with Gasteiger partial charge in [-0.3, -0.25) is 9.79 Å². The number of carbonyl (C=O) groups excluding carboxylic acids is 1. The van der Waals surface area contributed by atoms with Crippen LogP contribution in [0.15, 0.2) is 55.4 Å². The first-order chi connectivity index (χ1) is 12.0. The van der Waals surface area contributed by atoms with E-state index in [0.717, 1.165) is 8.95 Å². The third kappa shape index (κ3) is 6.32. The van der Waals surface area contributed by atoms with Crippen molar-refractivity contribution in [3.63, 3.8) is 0 Å². The van der Waals surface area contributed by atoms with E-state index in [1.54, 1.807) is 30.3 Å². The van der Waals surface area contributed by atoms with Crippen LogP contribution in [-0.2, 0) is 4.79 Å². The lowest BCUT2D eigenvalue weighted by Crippen LogP contribution is -2.18. The van der Waals surface area contributed by atoms with Crippen molar-refractivity contribution in [3.05, 3.63) is 56.5 Å². The van der Waals surface area contributed by atoms with E-state index in [1.165, 1.54) is 18.5 Å². The average Bonchev–Trinajstić information content (AvgIpc) is 2.57. The monoisotopic (exact) mass is 467 g/mol. The fourth-order valence-electron chi connectivity index (χ4n) is 1.82. The largest absolute Gasteiger partial charge is 0.507 e. The van der Waals surface area contributed by atoms with Crippen LogP contribution in [0.25, 0.3) is 0 Å². The van der Waals surface area contributed by atoms with Gasteiger partial charge in [0.15, 0.2) is 0 Å². The zero-order valence-corrected chi connectivity index (χ0v) is 16.2. The van der Waals surface area contributed by atoms with Gasteiger partial charge in [-0.2, -0.15) is 5.10 Å². The number of aliphatic imine (C=N–C) groups is 1. The van der Waals surface area contributed by atoms with Crippen LogP contribution in [0.1, 0.15) is 17.5 Å². The van der Waals surface area contributed by atoms with Crippen molar-refractivity contribution in [1.29, 1.82) is 0 Å². The molecule has 6 nitrogen and oxygen atoms in total. The Morgan fingerprint density at radius 1 is 1.00 bits per heavy atom. The number of aromatic hydroxyl groups is 2. The van der Waals surface area contributed by atoms with Gasteiger partial charge in [0.05, 0.1) is 6.21 Å². The highest BCUT2D eigenvalue weighted by Crippen LogP contribution is 2.20. The number of phenols is 2. The molecule has 0 bridgehead atoms. The summed E-state index contributed by atoms with van der Waals surface area (Å²) in [6, 6.07) is 9.92. The van der Waals surface area contributed by atoms with Crippen LogP contribution >= 0.6 is 31.9 Å². The fraction of sp³-hybridized carbons (Fsp3) is 0.118. The van der Waals surface area contributed by atoms with Gasteiger partial charge in [0.2, 0.25) is 5.91 Å². The number of halogens is 2. The molecule has 0 heterocycles. The number of carbonyl (C=O) groups is 1. The first-order valence-electron chi connectivity index (χ1n) is 7.24. The quantitative estimate of drug-likeness (QED) is 0.446. The molecule has 3 N–H and O–H groups in total. The Balaban J connectivity index is 1.81. The summed E-state index contributed by atoms with van der Waals surface area (Å²) in [7, 11) is 0. The summed E-state index contributed by atoms with van der Waals surface area (Å²) < 4.78 is 1.62. The average molecular weight is 469 g/mol. The molecule has 0 aliphatic rings. The predicted molar refractivity (Wildman–Crippen MR) is 104 cm³/mol. The molecule has 0 spiro atoms. The van der Waals surface area contributed by atoms with Gasteiger partial charge in [-0.15, -0.1) is 0 Å². The second-order valence-corrected chi connectivity index (χ2v) is 6.82. The third-order valence-electron chi connectivity index (χ3n) is 3.07. The molecule has 0 aromatic heterocycles. The van der Waals surface area contributed by atoms with Crippen molar-refractivity contribution in [2.75, 3.05) is 6.54 Å². The lowest BCUT2D eigenvalue weighted by atomic mass is 10.2. The molecular weight excluding hydrogens is 454 g/mol. The third-order valence-corrected chi connectivity index (χ3v) is 4.06. The van der Waals surface area contributed by atoms with Crippen molar-refractivity contribution in [1.82, 2.24) is 5.43 Å². The van der Waals surface area contributed by atoms with Crippen molar-refractivity contribution in [3.8, 4) is 11.5 Å². The minimum absolute atomic E-state index is 0.0691. The van der Waals surface area contributed by atoms with E-state index >= 15 is 0 Å². The fourth-order valence-corrected chi connectivity index (χ4v) is 2.57. The Bertz CT molecular complexity index is 823. The number of nitrogens with one attached hydrogen (secondary N) is 1. The van der Waals surface area contributed by atoms with Crippen molar-refractivity contribution < 1.29 is 15.0 Å². The van der Waals surface area contributed by atoms with Gasteiger partial charge in [0, 0.05) is 39.3 Å². The Morgan fingerprint density at radius 3 is 2.16 bits per heavy atom. The Kier molecular flexibility index (Phi) is 7.15. The maximum absolute atomic E-state index is 11.7. The Hall–Kier alpha value is -2.19. The highest BCUT2D eigenvalue weighted by Gasteiger charge is 2.01. The number of hydrogen-bond acceptors (Lipinski definition) is 5. The number of nitrogens with zero attached hydrogens (tertiary/aromatic N) is 2. The molecule has 0 saturated heterocycles. The molecule has 2 aromatic carbocycles. The van der Waals surface area contributed by atoms with Crippen LogP contribution in [-0.4, -0.2) is 35.1 Å². The second kappa shape index (κ2) is 9.33. The van der Waals surface area contributed by atoms with Gasteiger partial charge in [0.1, 0.15) is 11.5 Å². The van der Waals surface area contributed by atoms with E-state index < -0.39 is 0 Å². The first-order valence-corrected chi connectivity index (χ1v) is 8.83. The summed E-state index contributed by atoms with van der Waals surface area (Å²) in [6.07, 6.45) is 3.02. The van der Waals surface area contributed by atoms with Gasteiger partial charge >= 0.3 is 0 Å². The highest BCUT2D eigenvalue weighted by atomic mass is 79.9. The minimum atomic E-state index is -0.304. The van der Waals surface area contributed by atoms with Crippen LogP contribution in [0.5, 0.6) is 11.5 Å². The summed E-state index contributed by atoms with van der Waals surface area (Å²) >= 11 is 6.60. The smallest absolute Gasteiger partial charge is 0.241 e. The minimum Gasteiger partial charge on any atom is -0.507 e. The number of hydrogen-bond donors (Lipinski definition) is 3. The number of phenolic OH excluding ortho intramolecular Hbond substituents is 2. The van der Waals surface area contributed by atoms with Crippen LogP contribution in [0.2, 0.25) is 0 Å². The Labute approximate surface area is 161 Å². The second-order valence-electron chi connectivity index (χ2n) is 4.98. The molecule has 0 unspecified atom stereocenters. The number of hydrazone groups is 1. The van der Waals surface area contributed by atoms with Crippen LogP contribution < -0.4 is 5.43 Å². The van der Waals surface area contributed by atoms with Crippen LogP contribution in [0.4, 0.5) is 0 Å². The summed E-state index contributed by atoms with van der Waals surface area (Å²) in [6.45, 7) is 0.259. The van der Waals surface area contributed by atoms with Gasteiger partial charge in [-0.25, -0.2) is 5.43 Å². The predicted octanol–water partition coefficient (Wildman–Crippen LogP) is 3.58. The summed E-state index contributed by atoms with van der Waals surface area (Å²) in [5.41, 5.74) is 3.42. The first kappa shape index (κ1) is 19.1. The molecule has 0 saturated carbocycles. The van der Waals surface area contributed by atoms with Crippen molar-refractivity contribution >= 4 is 50.2 Å². The number of rotatable bonds is 6. The lowest BCUT2D eigenvalue weighted by Gasteiger charge is -2.01. The molecular formula is C17H15Br2N3O3. The lowest BCUT2D eigenvalue weighted by molar-refractivity contribution is -0.120. The Morgan fingerprint density at radius 2 is 1.56 bits per heavy atom. The van der Waals surface area contributed by atoms with E-state index in [0.29, 0.717) is 11.1 Å². The molecule has 0 fully saturated rings. The molecule has 0 aliphatic carbocycles. The molecule has 2 rings (SSSR count). The van der Waals surface area contributed by atoms with Gasteiger partial charge in [-0.05, 0) is 36.4 Å². The van der Waals surface area contributed by atoms with Crippen LogP contribution in [0.3, 0.4) is 0 Å². The van der Waals surface area contributed by atoms with Gasteiger partial charge in [0.25, 0.3) is 0 Å². The number of amides is 1. The summed E-state index contributed by atoms with van der Waals surface area (Å²) in [5, 5.41) is 23.1. The van der Waals surface area contributed by atoms with E-state index in [2.05, 4.69) is 47.4 Å². The van der Waals surface area contributed by atoms with E-state index in [-0.39, 0.29) is 30.4 Å². The molecule has 25 heavy (non-hydrogen) atoms. The maximum Gasteiger partial charge on any atom is 0.241 e. The van der Waals surface area contributed by atoms with Crippen molar-refractivity contribution in [2.24, 2.45) is 10.1 Å². The molecule has 130 valence electrons. The van der Waals surface area contributed by atoms with E-state index in [9.17, 15) is 15.0 Å². The SMILES string of the molecule is O=C(CCN=Cc1cc(Br)ccc1O)NN=Cc1cc(Br)ccc1O. The van der Waals surface area contributed by atoms with Gasteiger partial charge in [-0.1, -0.05) is 31.9 Å². The molecule has 0 aliphatic heterocycles.